The van der Waals surface area contributed by atoms with Gasteiger partial charge in [-0.2, -0.15) is 11.3 Å². The van der Waals surface area contributed by atoms with Gasteiger partial charge in [-0.15, -0.1) is 0 Å². The molecular weight excluding hydrogens is 304 g/mol. The van der Waals surface area contributed by atoms with Crippen molar-refractivity contribution in [2.45, 2.75) is 6.42 Å². The molecule has 22 heavy (non-hydrogen) atoms. The maximum absolute atomic E-state index is 12.1. The van der Waals surface area contributed by atoms with Crippen LogP contribution in [0.3, 0.4) is 0 Å². The molecule has 2 aromatic rings. The SMILES string of the molecule is O=C(Cc1ccsc1)OCC(=O)c1ccc2c(c1)OCCO2. The fraction of sp³-hybridized carbons (Fsp3) is 0.250. The van der Waals surface area contributed by atoms with Crippen LogP contribution in [-0.4, -0.2) is 31.6 Å². The average Bonchev–Trinajstić information content (AvgIpc) is 3.05. The van der Waals surface area contributed by atoms with E-state index in [1.807, 2.05) is 16.8 Å². The number of rotatable bonds is 5. The molecule has 0 saturated carbocycles. The molecule has 0 fully saturated rings. The normalized spacial score (nSPS) is 12.7. The van der Waals surface area contributed by atoms with Crippen molar-refractivity contribution in [3.63, 3.8) is 0 Å². The number of carbonyl (C=O) groups is 2. The number of hydrogen-bond acceptors (Lipinski definition) is 6. The summed E-state index contributed by atoms with van der Waals surface area (Å²) in [5, 5.41) is 3.77. The van der Waals surface area contributed by atoms with E-state index >= 15 is 0 Å². The first-order valence-electron chi connectivity index (χ1n) is 6.82. The highest BCUT2D eigenvalue weighted by Crippen LogP contribution is 2.30. The van der Waals surface area contributed by atoms with Crippen molar-refractivity contribution in [3.05, 3.63) is 46.2 Å². The molecule has 0 atom stereocenters. The highest BCUT2D eigenvalue weighted by molar-refractivity contribution is 7.07. The van der Waals surface area contributed by atoms with Gasteiger partial charge >= 0.3 is 5.97 Å². The van der Waals surface area contributed by atoms with E-state index in [4.69, 9.17) is 14.2 Å². The molecule has 114 valence electrons. The van der Waals surface area contributed by atoms with Crippen LogP contribution >= 0.6 is 11.3 Å². The van der Waals surface area contributed by atoms with Crippen molar-refractivity contribution in [1.29, 1.82) is 0 Å². The monoisotopic (exact) mass is 318 g/mol. The average molecular weight is 318 g/mol. The van der Waals surface area contributed by atoms with Crippen molar-refractivity contribution in [2.24, 2.45) is 0 Å². The lowest BCUT2D eigenvalue weighted by Gasteiger charge is -2.18. The van der Waals surface area contributed by atoms with E-state index in [1.54, 1.807) is 18.2 Å². The predicted molar refractivity (Wildman–Crippen MR) is 80.7 cm³/mol. The zero-order valence-corrected chi connectivity index (χ0v) is 12.6. The minimum Gasteiger partial charge on any atom is -0.486 e. The van der Waals surface area contributed by atoms with Crippen LogP contribution in [0.1, 0.15) is 15.9 Å². The summed E-state index contributed by atoms with van der Waals surface area (Å²) in [6, 6.07) is 6.80. The Hall–Kier alpha value is -2.34. The Morgan fingerprint density at radius 3 is 2.73 bits per heavy atom. The van der Waals surface area contributed by atoms with Gasteiger partial charge in [0.05, 0.1) is 6.42 Å². The fourth-order valence-corrected chi connectivity index (χ4v) is 2.73. The van der Waals surface area contributed by atoms with Gasteiger partial charge in [0.1, 0.15) is 13.2 Å². The Morgan fingerprint density at radius 2 is 1.95 bits per heavy atom. The summed E-state index contributed by atoms with van der Waals surface area (Å²) in [6.07, 6.45) is 0.178. The smallest absolute Gasteiger partial charge is 0.310 e. The van der Waals surface area contributed by atoms with E-state index in [2.05, 4.69) is 0 Å². The number of benzene rings is 1. The van der Waals surface area contributed by atoms with Gasteiger partial charge in [-0.1, -0.05) is 0 Å². The first kappa shape index (κ1) is 14.6. The van der Waals surface area contributed by atoms with Crippen LogP contribution in [0.5, 0.6) is 11.5 Å². The maximum atomic E-state index is 12.1. The zero-order valence-electron chi connectivity index (χ0n) is 11.7. The Labute approximate surface area is 131 Å². The standard InChI is InChI=1S/C16H14O5S/c17-13(9-21-16(18)7-11-3-6-22-10-11)12-1-2-14-15(8-12)20-5-4-19-14/h1-3,6,8,10H,4-5,7,9H2. The molecular formula is C16H14O5S. The molecule has 5 nitrogen and oxygen atoms in total. The Bertz CT molecular complexity index is 678. The van der Waals surface area contributed by atoms with Gasteiger partial charge in [0.2, 0.25) is 0 Å². The van der Waals surface area contributed by atoms with Crippen LogP contribution in [0.15, 0.2) is 35.0 Å². The van der Waals surface area contributed by atoms with Crippen molar-refractivity contribution in [2.75, 3.05) is 19.8 Å². The van der Waals surface area contributed by atoms with E-state index in [0.717, 1.165) is 5.56 Å². The van der Waals surface area contributed by atoms with Crippen molar-refractivity contribution < 1.29 is 23.8 Å². The number of carbonyl (C=O) groups excluding carboxylic acids is 2. The summed E-state index contributed by atoms with van der Waals surface area (Å²) in [5.41, 5.74) is 1.33. The number of hydrogen-bond donors (Lipinski definition) is 0. The molecule has 0 radical (unpaired) electrons. The van der Waals surface area contributed by atoms with Crippen molar-refractivity contribution in [3.8, 4) is 11.5 Å². The third-order valence-electron chi connectivity index (χ3n) is 3.16. The van der Waals surface area contributed by atoms with E-state index < -0.39 is 5.97 Å². The first-order chi connectivity index (χ1) is 10.7. The van der Waals surface area contributed by atoms with Crippen LogP contribution in [0.25, 0.3) is 0 Å². The molecule has 0 spiro atoms. The van der Waals surface area contributed by atoms with E-state index in [1.165, 1.54) is 11.3 Å². The second kappa shape index (κ2) is 6.62. The highest BCUT2D eigenvalue weighted by atomic mass is 32.1. The van der Waals surface area contributed by atoms with Gasteiger partial charge in [-0.3, -0.25) is 9.59 Å². The van der Waals surface area contributed by atoms with E-state index in [0.29, 0.717) is 30.3 Å². The molecule has 0 saturated heterocycles. The molecule has 1 aliphatic heterocycles. The minimum absolute atomic E-state index is 0.178. The summed E-state index contributed by atoms with van der Waals surface area (Å²) in [6.45, 7) is 0.684. The third-order valence-corrected chi connectivity index (χ3v) is 3.89. The molecule has 1 aromatic carbocycles. The molecule has 3 rings (SSSR count). The van der Waals surface area contributed by atoms with Gasteiger partial charge in [-0.05, 0) is 40.6 Å². The van der Waals surface area contributed by atoms with Gasteiger partial charge in [-0.25, -0.2) is 0 Å². The largest absolute Gasteiger partial charge is 0.486 e. The summed E-state index contributed by atoms with van der Waals surface area (Å²) >= 11 is 1.52. The molecule has 1 aliphatic rings. The van der Waals surface area contributed by atoms with Gasteiger partial charge in [0.15, 0.2) is 23.9 Å². The summed E-state index contributed by atoms with van der Waals surface area (Å²) in [5.74, 6) is 0.485. The van der Waals surface area contributed by atoms with Crippen LogP contribution in [0.2, 0.25) is 0 Å². The summed E-state index contributed by atoms with van der Waals surface area (Å²) in [7, 11) is 0. The number of fused-ring (bicyclic) bond motifs is 1. The van der Waals surface area contributed by atoms with E-state index in [9.17, 15) is 9.59 Å². The van der Waals surface area contributed by atoms with Crippen LogP contribution in [-0.2, 0) is 16.0 Å². The Balaban J connectivity index is 1.56. The molecule has 0 N–H and O–H groups in total. The Kier molecular flexibility index (Phi) is 4.39. The zero-order chi connectivity index (χ0) is 15.4. The molecule has 2 heterocycles. The molecule has 0 unspecified atom stereocenters. The van der Waals surface area contributed by atoms with Gasteiger partial charge < -0.3 is 14.2 Å². The number of esters is 1. The summed E-state index contributed by atoms with van der Waals surface area (Å²) < 4.78 is 15.8. The topological polar surface area (TPSA) is 61.8 Å². The van der Waals surface area contributed by atoms with Gasteiger partial charge in [0.25, 0.3) is 0 Å². The van der Waals surface area contributed by atoms with Crippen molar-refractivity contribution in [1.82, 2.24) is 0 Å². The molecule has 0 bridgehead atoms. The number of Topliss-reactive ketones (excluding diaryl/α,β-unsaturated/α-hetero) is 1. The number of thiophene rings is 1. The number of ether oxygens (including phenoxy) is 3. The van der Waals surface area contributed by atoms with E-state index in [-0.39, 0.29) is 18.8 Å². The molecule has 1 aromatic heterocycles. The van der Waals surface area contributed by atoms with Gasteiger partial charge in [0, 0.05) is 5.56 Å². The lowest BCUT2D eigenvalue weighted by atomic mass is 10.1. The molecule has 0 amide bonds. The second-order valence-electron chi connectivity index (χ2n) is 4.75. The first-order valence-corrected chi connectivity index (χ1v) is 7.76. The quantitative estimate of drug-likeness (QED) is 0.626. The van der Waals surface area contributed by atoms with Crippen LogP contribution in [0, 0.1) is 0 Å². The van der Waals surface area contributed by atoms with Crippen LogP contribution in [0.4, 0.5) is 0 Å². The predicted octanol–water partition coefficient (Wildman–Crippen LogP) is 2.49. The molecule has 0 aliphatic carbocycles. The number of ketones is 1. The fourth-order valence-electron chi connectivity index (χ4n) is 2.06. The lowest BCUT2D eigenvalue weighted by Crippen LogP contribution is -2.18. The van der Waals surface area contributed by atoms with Crippen LogP contribution < -0.4 is 9.47 Å². The minimum atomic E-state index is -0.413. The lowest BCUT2D eigenvalue weighted by molar-refractivity contribution is -0.141. The van der Waals surface area contributed by atoms with Crippen molar-refractivity contribution >= 4 is 23.1 Å². The third kappa shape index (κ3) is 3.46. The highest BCUT2D eigenvalue weighted by Gasteiger charge is 2.16. The molecule has 6 heteroatoms. The summed E-state index contributed by atoms with van der Waals surface area (Å²) in [4.78, 5) is 23.7. The maximum Gasteiger partial charge on any atom is 0.310 e. The Morgan fingerprint density at radius 1 is 1.14 bits per heavy atom. The second-order valence-corrected chi connectivity index (χ2v) is 5.53.